The van der Waals surface area contributed by atoms with E-state index >= 15 is 0 Å². The minimum atomic E-state index is -0.553. The van der Waals surface area contributed by atoms with Gasteiger partial charge in [-0.15, -0.1) is 0 Å². The first-order valence-electron chi connectivity index (χ1n) is 6.44. The Hall–Kier alpha value is -1.66. The predicted octanol–water partition coefficient (Wildman–Crippen LogP) is 1.74. The maximum absolute atomic E-state index is 11.0. The van der Waals surface area contributed by atoms with Crippen LogP contribution in [0.2, 0.25) is 0 Å². The van der Waals surface area contributed by atoms with E-state index in [2.05, 4.69) is 0 Å². The van der Waals surface area contributed by atoms with E-state index in [1.807, 2.05) is 0 Å². The van der Waals surface area contributed by atoms with Gasteiger partial charge in [-0.25, -0.2) is 0 Å². The molecule has 104 valence electrons. The summed E-state index contributed by atoms with van der Waals surface area (Å²) in [6.07, 6.45) is 2.42. The first kappa shape index (κ1) is 13.8. The molecule has 0 bridgehead atoms. The summed E-state index contributed by atoms with van der Waals surface area (Å²) in [4.78, 5) is 10.6. The van der Waals surface area contributed by atoms with Gasteiger partial charge in [0.25, 0.3) is 0 Å². The Morgan fingerprint density at radius 3 is 2.79 bits per heavy atom. The zero-order chi connectivity index (χ0) is 13.8. The Bertz CT molecular complexity index is 464. The highest BCUT2D eigenvalue weighted by Gasteiger charge is 2.27. The van der Waals surface area contributed by atoms with Crippen molar-refractivity contribution >= 4 is 5.69 Å². The van der Waals surface area contributed by atoms with Gasteiger partial charge < -0.3 is 15.6 Å². The van der Waals surface area contributed by atoms with Crippen LogP contribution in [-0.2, 0) is 6.54 Å². The molecule has 1 aliphatic rings. The molecular formula is C13H18N2O4. The fourth-order valence-corrected chi connectivity index (χ4v) is 2.31. The SMILES string of the molecule is NCc1ccc(OC2CCCCC2O)c([N+](=O)[O-])c1. The van der Waals surface area contributed by atoms with Crippen molar-refractivity contribution in [3.05, 3.63) is 33.9 Å². The highest BCUT2D eigenvalue weighted by Crippen LogP contribution is 2.31. The molecule has 0 radical (unpaired) electrons. The average molecular weight is 266 g/mol. The Morgan fingerprint density at radius 2 is 2.16 bits per heavy atom. The fraction of sp³-hybridized carbons (Fsp3) is 0.538. The molecule has 0 aromatic heterocycles. The molecule has 2 unspecified atom stereocenters. The van der Waals surface area contributed by atoms with Gasteiger partial charge in [-0.05, 0) is 30.9 Å². The zero-order valence-corrected chi connectivity index (χ0v) is 10.6. The summed E-state index contributed by atoms with van der Waals surface area (Å²) in [5, 5.41) is 20.9. The summed E-state index contributed by atoms with van der Waals surface area (Å²) in [5.74, 6) is 0.202. The summed E-state index contributed by atoms with van der Waals surface area (Å²) in [6, 6.07) is 4.68. The Balaban J connectivity index is 2.21. The number of hydrogen-bond donors (Lipinski definition) is 2. The van der Waals surface area contributed by atoms with Crippen molar-refractivity contribution in [2.45, 2.75) is 44.4 Å². The van der Waals surface area contributed by atoms with Crippen molar-refractivity contribution in [2.24, 2.45) is 5.73 Å². The van der Waals surface area contributed by atoms with Crippen LogP contribution in [0.3, 0.4) is 0 Å². The van der Waals surface area contributed by atoms with Crippen LogP contribution in [0, 0.1) is 10.1 Å². The fourth-order valence-electron chi connectivity index (χ4n) is 2.31. The van der Waals surface area contributed by atoms with Gasteiger partial charge in [-0.1, -0.05) is 12.5 Å². The number of nitrogens with zero attached hydrogens (tertiary/aromatic N) is 1. The molecule has 19 heavy (non-hydrogen) atoms. The van der Waals surface area contributed by atoms with Crippen LogP contribution < -0.4 is 10.5 Å². The standard InChI is InChI=1S/C13H18N2O4/c14-8-9-5-6-12(10(7-9)15(17)18)19-13-4-2-1-3-11(13)16/h5-7,11,13,16H,1-4,8,14H2. The van der Waals surface area contributed by atoms with E-state index in [0.717, 1.165) is 19.3 Å². The van der Waals surface area contributed by atoms with Gasteiger partial charge in [0.15, 0.2) is 5.75 Å². The Kier molecular flexibility index (Phi) is 4.34. The van der Waals surface area contributed by atoms with Gasteiger partial charge in [0.05, 0.1) is 11.0 Å². The topological polar surface area (TPSA) is 98.6 Å². The molecule has 1 aromatic carbocycles. The maximum atomic E-state index is 11.0. The van der Waals surface area contributed by atoms with Crippen molar-refractivity contribution in [1.29, 1.82) is 0 Å². The molecule has 0 aliphatic heterocycles. The van der Waals surface area contributed by atoms with E-state index < -0.39 is 11.0 Å². The maximum Gasteiger partial charge on any atom is 0.311 e. The Labute approximate surface area is 111 Å². The van der Waals surface area contributed by atoms with Crippen molar-refractivity contribution in [3.63, 3.8) is 0 Å². The molecule has 1 aromatic rings. The van der Waals surface area contributed by atoms with Gasteiger partial charge in [-0.3, -0.25) is 10.1 Å². The summed E-state index contributed by atoms with van der Waals surface area (Å²) in [7, 11) is 0. The molecule has 1 saturated carbocycles. The Morgan fingerprint density at radius 1 is 1.42 bits per heavy atom. The van der Waals surface area contributed by atoms with E-state index in [4.69, 9.17) is 10.5 Å². The van der Waals surface area contributed by atoms with Crippen LogP contribution in [-0.4, -0.2) is 22.2 Å². The van der Waals surface area contributed by atoms with Gasteiger partial charge >= 0.3 is 5.69 Å². The van der Waals surface area contributed by atoms with Crippen LogP contribution in [0.4, 0.5) is 5.69 Å². The van der Waals surface area contributed by atoms with Gasteiger partial charge in [0.1, 0.15) is 6.10 Å². The van der Waals surface area contributed by atoms with E-state index in [9.17, 15) is 15.2 Å². The quantitative estimate of drug-likeness (QED) is 0.638. The second-order valence-corrected chi connectivity index (χ2v) is 4.77. The molecule has 0 amide bonds. The second kappa shape index (κ2) is 5.99. The van der Waals surface area contributed by atoms with Crippen molar-refractivity contribution in [1.82, 2.24) is 0 Å². The van der Waals surface area contributed by atoms with Crippen LogP contribution in [0.15, 0.2) is 18.2 Å². The molecule has 0 heterocycles. The molecule has 1 aliphatic carbocycles. The molecule has 0 saturated heterocycles. The number of nitro groups is 1. The van der Waals surface area contributed by atoms with Gasteiger partial charge in [0.2, 0.25) is 0 Å². The van der Waals surface area contributed by atoms with Crippen molar-refractivity contribution < 1.29 is 14.8 Å². The van der Waals surface area contributed by atoms with Gasteiger partial charge in [-0.2, -0.15) is 0 Å². The average Bonchev–Trinajstić information content (AvgIpc) is 2.41. The molecule has 1 fully saturated rings. The van der Waals surface area contributed by atoms with E-state index in [-0.39, 0.29) is 24.1 Å². The summed E-state index contributed by atoms with van der Waals surface area (Å²) in [5.41, 5.74) is 6.06. The van der Waals surface area contributed by atoms with E-state index in [0.29, 0.717) is 12.0 Å². The van der Waals surface area contributed by atoms with Crippen LogP contribution >= 0.6 is 0 Å². The molecule has 6 nitrogen and oxygen atoms in total. The number of aliphatic hydroxyl groups excluding tert-OH is 1. The predicted molar refractivity (Wildman–Crippen MR) is 69.9 cm³/mol. The molecular weight excluding hydrogens is 248 g/mol. The lowest BCUT2D eigenvalue weighted by atomic mass is 9.95. The number of benzene rings is 1. The smallest absolute Gasteiger partial charge is 0.311 e. The number of rotatable bonds is 4. The van der Waals surface area contributed by atoms with E-state index in [1.54, 1.807) is 12.1 Å². The normalized spacial score (nSPS) is 23.1. The third-order valence-electron chi connectivity index (χ3n) is 3.40. The molecule has 3 N–H and O–H groups in total. The molecule has 2 rings (SSSR count). The first-order valence-corrected chi connectivity index (χ1v) is 6.44. The number of nitro benzene ring substituents is 1. The summed E-state index contributed by atoms with van der Waals surface area (Å²) < 4.78 is 5.63. The second-order valence-electron chi connectivity index (χ2n) is 4.77. The highest BCUT2D eigenvalue weighted by molar-refractivity contribution is 5.48. The monoisotopic (exact) mass is 266 g/mol. The highest BCUT2D eigenvalue weighted by atomic mass is 16.6. The molecule has 6 heteroatoms. The first-order chi connectivity index (χ1) is 9.11. The molecule has 0 spiro atoms. The number of nitrogens with two attached hydrogens (primary N) is 1. The van der Waals surface area contributed by atoms with Crippen LogP contribution in [0.5, 0.6) is 5.75 Å². The zero-order valence-electron chi connectivity index (χ0n) is 10.6. The van der Waals surface area contributed by atoms with Crippen LogP contribution in [0.25, 0.3) is 0 Å². The van der Waals surface area contributed by atoms with E-state index in [1.165, 1.54) is 6.07 Å². The lowest BCUT2D eigenvalue weighted by molar-refractivity contribution is -0.386. The largest absolute Gasteiger partial charge is 0.481 e. The van der Waals surface area contributed by atoms with Crippen molar-refractivity contribution in [2.75, 3.05) is 0 Å². The summed E-state index contributed by atoms with van der Waals surface area (Å²) >= 11 is 0. The summed E-state index contributed by atoms with van der Waals surface area (Å²) in [6.45, 7) is 0.243. The number of ether oxygens (including phenoxy) is 1. The van der Waals surface area contributed by atoms with Crippen LogP contribution in [0.1, 0.15) is 31.2 Å². The minimum absolute atomic E-state index is 0.0966. The lowest BCUT2D eigenvalue weighted by Gasteiger charge is -2.28. The van der Waals surface area contributed by atoms with Gasteiger partial charge in [0, 0.05) is 12.6 Å². The third-order valence-corrected chi connectivity index (χ3v) is 3.40. The third kappa shape index (κ3) is 3.21. The van der Waals surface area contributed by atoms with Crippen molar-refractivity contribution in [3.8, 4) is 5.75 Å². The number of aliphatic hydroxyl groups is 1. The molecule has 2 atom stereocenters. The number of hydrogen-bond acceptors (Lipinski definition) is 5. The minimum Gasteiger partial charge on any atom is -0.481 e. The lowest BCUT2D eigenvalue weighted by Crippen LogP contribution is -2.34.